The zero-order valence-electron chi connectivity index (χ0n) is 8.24. The van der Waals surface area contributed by atoms with Crippen molar-refractivity contribution in [3.05, 3.63) is 28.5 Å². The number of aromatic nitrogens is 1. The van der Waals surface area contributed by atoms with Crippen LogP contribution in [0, 0.1) is 5.41 Å². The van der Waals surface area contributed by atoms with Crippen LogP contribution in [0.5, 0.6) is 0 Å². The van der Waals surface area contributed by atoms with Gasteiger partial charge in [0.25, 0.3) is 0 Å². The van der Waals surface area contributed by atoms with Gasteiger partial charge in [-0.3, -0.25) is 9.78 Å². The molecule has 1 aromatic heterocycles. The van der Waals surface area contributed by atoms with E-state index in [0.29, 0.717) is 6.42 Å². The van der Waals surface area contributed by atoms with Gasteiger partial charge in [-0.1, -0.05) is 6.42 Å². The molecule has 1 fully saturated rings. The minimum Gasteiger partial charge on any atom is -0.481 e. The summed E-state index contributed by atoms with van der Waals surface area (Å²) >= 11 is 3.34. The first-order chi connectivity index (χ1) is 7.12. The van der Waals surface area contributed by atoms with Crippen molar-refractivity contribution in [3.8, 4) is 0 Å². The lowest BCUT2D eigenvalue weighted by atomic mass is 9.65. The molecule has 0 spiro atoms. The lowest BCUT2D eigenvalue weighted by Gasteiger charge is -2.37. The first kappa shape index (κ1) is 10.6. The van der Waals surface area contributed by atoms with E-state index in [1.54, 1.807) is 12.4 Å². The molecule has 1 heterocycles. The number of aliphatic carboxylic acids is 1. The van der Waals surface area contributed by atoms with Gasteiger partial charge >= 0.3 is 5.97 Å². The van der Waals surface area contributed by atoms with Gasteiger partial charge in [0.15, 0.2) is 0 Å². The Hall–Kier alpha value is -0.900. The third kappa shape index (κ3) is 2.04. The maximum absolute atomic E-state index is 11.2. The molecule has 4 heteroatoms. The number of halogens is 1. The molecule has 0 aliphatic heterocycles. The molecule has 80 valence electrons. The van der Waals surface area contributed by atoms with Crippen molar-refractivity contribution in [2.45, 2.75) is 25.7 Å². The molecule has 1 N–H and O–H groups in total. The van der Waals surface area contributed by atoms with Crippen molar-refractivity contribution >= 4 is 21.9 Å². The van der Waals surface area contributed by atoms with E-state index in [-0.39, 0.29) is 0 Å². The van der Waals surface area contributed by atoms with Crippen LogP contribution in [0.25, 0.3) is 0 Å². The smallest absolute Gasteiger partial charge is 0.309 e. The fourth-order valence-electron chi connectivity index (χ4n) is 2.01. The second-order valence-corrected chi connectivity index (χ2v) is 5.04. The van der Waals surface area contributed by atoms with Crippen molar-refractivity contribution < 1.29 is 9.90 Å². The summed E-state index contributed by atoms with van der Waals surface area (Å²) < 4.78 is 0.903. The topological polar surface area (TPSA) is 50.2 Å². The van der Waals surface area contributed by atoms with Gasteiger partial charge in [0, 0.05) is 16.9 Å². The Kier molecular flexibility index (Phi) is 2.78. The van der Waals surface area contributed by atoms with Crippen LogP contribution in [0.2, 0.25) is 0 Å². The molecule has 2 rings (SSSR count). The van der Waals surface area contributed by atoms with Crippen LogP contribution in [0.3, 0.4) is 0 Å². The SMILES string of the molecule is O=C(O)C1(Cc2cncc(Br)c2)CCC1. The fourth-order valence-corrected chi connectivity index (χ4v) is 2.43. The summed E-state index contributed by atoms with van der Waals surface area (Å²) in [4.78, 5) is 15.2. The van der Waals surface area contributed by atoms with Crippen molar-refractivity contribution in [1.29, 1.82) is 0 Å². The molecule has 15 heavy (non-hydrogen) atoms. The summed E-state index contributed by atoms with van der Waals surface area (Å²) in [6.45, 7) is 0. The van der Waals surface area contributed by atoms with E-state index >= 15 is 0 Å². The molecule has 0 radical (unpaired) electrons. The number of carboxylic acid groups (broad SMARTS) is 1. The number of carboxylic acids is 1. The third-order valence-electron chi connectivity index (χ3n) is 3.07. The van der Waals surface area contributed by atoms with E-state index in [2.05, 4.69) is 20.9 Å². The molecule has 0 amide bonds. The zero-order chi connectivity index (χ0) is 10.9. The number of carbonyl (C=O) groups is 1. The molecule has 1 aliphatic rings. The average molecular weight is 270 g/mol. The summed E-state index contributed by atoms with van der Waals surface area (Å²) in [5.74, 6) is -0.672. The molecule has 0 saturated heterocycles. The Morgan fingerprint density at radius 2 is 2.27 bits per heavy atom. The molecule has 1 aromatic rings. The standard InChI is InChI=1S/C11H12BrNO2/c12-9-4-8(6-13-7-9)5-11(10(14)15)2-1-3-11/h4,6-7H,1-3,5H2,(H,14,15). The molecule has 0 aromatic carbocycles. The highest BCUT2D eigenvalue weighted by Gasteiger charge is 2.44. The van der Waals surface area contributed by atoms with E-state index in [4.69, 9.17) is 0 Å². The molecule has 0 atom stereocenters. The van der Waals surface area contributed by atoms with Crippen LogP contribution in [0.4, 0.5) is 0 Å². The molecule has 1 aliphatic carbocycles. The van der Waals surface area contributed by atoms with E-state index in [0.717, 1.165) is 29.3 Å². The van der Waals surface area contributed by atoms with Crippen LogP contribution in [-0.2, 0) is 11.2 Å². The lowest BCUT2D eigenvalue weighted by Crippen LogP contribution is -2.39. The van der Waals surface area contributed by atoms with E-state index in [9.17, 15) is 9.90 Å². The highest BCUT2D eigenvalue weighted by Crippen LogP contribution is 2.43. The zero-order valence-corrected chi connectivity index (χ0v) is 9.83. The van der Waals surface area contributed by atoms with Crippen LogP contribution in [0.15, 0.2) is 22.9 Å². The van der Waals surface area contributed by atoms with E-state index < -0.39 is 11.4 Å². The van der Waals surface area contributed by atoms with Crippen LogP contribution in [-0.4, -0.2) is 16.1 Å². The van der Waals surface area contributed by atoms with Gasteiger partial charge in [0.2, 0.25) is 0 Å². The van der Waals surface area contributed by atoms with Crippen LogP contribution >= 0.6 is 15.9 Å². The second kappa shape index (κ2) is 3.93. The van der Waals surface area contributed by atoms with Crippen molar-refractivity contribution in [2.75, 3.05) is 0 Å². The maximum Gasteiger partial charge on any atom is 0.309 e. The first-order valence-electron chi connectivity index (χ1n) is 4.95. The van der Waals surface area contributed by atoms with Crippen molar-refractivity contribution in [2.24, 2.45) is 5.41 Å². The molecule has 0 unspecified atom stereocenters. The predicted molar refractivity (Wildman–Crippen MR) is 59.6 cm³/mol. The normalized spacial score (nSPS) is 18.2. The average Bonchev–Trinajstić information content (AvgIpc) is 2.11. The van der Waals surface area contributed by atoms with Gasteiger partial charge < -0.3 is 5.11 Å². The Balaban J connectivity index is 2.17. The van der Waals surface area contributed by atoms with Gasteiger partial charge in [-0.25, -0.2) is 0 Å². The number of pyridine rings is 1. The van der Waals surface area contributed by atoms with E-state index in [1.807, 2.05) is 6.07 Å². The van der Waals surface area contributed by atoms with Gasteiger partial charge in [-0.15, -0.1) is 0 Å². The van der Waals surface area contributed by atoms with Crippen molar-refractivity contribution in [3.63, 3.8) is 0 Å². The monoisotopic (exact) mass is 269 g/mol. The number of hydrogen-bond acceptors (Lipinski definition) is 2. The Morgan fingerprint density at radius 3 is 2.73 bits per heavy atom. The summed E-state index contributed by atoms with van der Waals surface area (Å²) in [7, 11) is 0. The second-order valence-electron chi connectivity index (χ2n) is 4.13. The Bertz CT molecular complexity index is 388. The number of hydrogen-bond donors (Lipinski definition) is 1. The minimum absolute atomic E-state index is 0.525. The van der Waals surface area contributed by atoms with Crippen LogP contribution in [0.1, 0.15) is 24.8 Å². The molecular formula is C11H12BrNO2. The summed E-state index contributed by atoms with van der Waals surface area (Å²) in [6, 6.07) is 1.94. The van der Waals surface area contributed by atoms with Gasteiger partial charge in [-0.05, 0) is 46.8 Å². The van der Waals surface area contributed by atoms with Gasteiger partial charge in [-0.2, -0.15) is 0 Å². The fraction of sp³-hybridized carbons (Fsp3) is 0.455. The highest BCUT2D eigenvalue weighted by molar-refractivity contribution is 9.10. The number of rotatable bonds is 3. The molecule has 1 saturated carbocycles. The lowest BCUT2D eigenvalue weighted by molar-refractivity contribution is -0.154. The van der Waals surface area contributed by atoms with Gasteiger partial charge in [0.1, 0.15) is 0 Å². The Labute approximate surface area is 96.7 Å². The maximum atomic E-state index is 11.2. The summed E-state index contributed by atoms with van der Waals surface area (Å²) in [6.07, 6.45) is 6.64. The summed E-state index contributed by atoms with van der Waals surface area (Å²) in [5.41, 5.74) is 0.467. The molecular weight excluding hydrogens is 258 g/mol. The van der Waals surface area contributed by atoms with Gasteiger partial charge in [0.05, 0.1) is 5.41 Å². The largest absolute Gasteiger partial charge is 0.481 e. The van der Waals surface area contributed by atoms with Crippen molar-refractivity contribution in [1.82, 2.24) is 4.98 Å². The quantitative estimate of drug-likeness (QED) is 0.918. The van der Waals surface area contributed by atoms with Crippen LogP contribution < -0.4 is 0 Å². The first-order valence-corrected chi connectivity index (χ1v) is 5.75. The predicted octanol–water partition coefficient (Wildman–Crippen LogP) is 2.64. The summed E-state index contributed by atoms with van der Waals surface area (Å²) in [5, 5.41) is 9.18. The molecule has 3 nitrogen and oxygen atoms in total. The molecule has 0 bridgehead atoms. The minimum atomic E-state index is -0.672. The third-order valence-corrected chi connectivity index (χ3v) is 3.50. The number of nitrogens with zero attached hydrogens (tertiary/aromatic N) is 1. The Morgan fingerprint density at radius 1 is 1.53 bits per heavy atom. The highest BCUT2D eigenvalue weighted by atomic mass is 79.9. The van der Waals surface area contributed by atoms with E-state index in [1.165, 1.54) is 0 Å².